The molecule has 1 amide bonds. The Hall–Kier alpha value is -1.62. The van der Waals surface area contributed by atoms with E-state index in [9.17, 15) is 9.18 Å². The van der Waals surface area contributed by atoms with E-state index < -0.39 is 6.10 Å². The molecule has 1 aliphatic rings. The first-order valence-electron chi connectivity index (χ1n) is 6.52. The summed E-state index contributed by atoms with van der Waals surface area (Å²) in [6.45, 7) is 4.08. The second-order valence-electron chi connectivity index (χ2n) is 4.73. The smallest absolute Gasteiger partial charge is 0.263 e. The summed E-state index contributed by atoms with van der Waals surface area (Å²) in [6.07, 6.45) is 0.160. The predicted molar refractivity (Wildman–Crippen MR) is 70.5 cm³/mol. The quantitative estimate of drug-likeness (QED) is 0.879. The van der Waals surface area contributed by atoms with E-state index >= 15 is 0 Å². The second kappa shape index (κ2) is 6.02. The van der Waals surface area contributed by atoms with Gasteiger partial charge >= 0.3 is 0 Å². The number of likely N-dealkylation sites (N-methyl/N-ethyl adjacent to an activating group) is 1. The first-order chi connectivity index (χ1) is 9.10. The van der Waals surface area contributed by atoms with Crippen LogP contribution in [0.1, 0.15) is 18.9 Å². The van der Waals surface area contributed by atoms with Gasteiger partial charge in [-0.3, -0.25) is 4.79 Å². The molecule has 0 aliphatic carbocycles. The first kappa shape index (κ1) is 13.8. The van der Waals surface area contributed by atoms with Crippen molar-refractivity contribution < 1.29 is 13.9 Å². The standard InChI is InChI=1S/C14H19FN2O2/c1-3-16-9-10-6-11(15)8-12(7-10)19-13-4-5-17(2)14(13)18/h6-8,13,16H,3-5,9H2,1-2H3. The maximum atomic E-state index is 13.5. The normalized spacial score (nSPS) is 19.0. The molecule has 0 bridgehead atoms. The number of carbonyl (C=O) groups excluding carboxylic acids is 1. The summed E-state index contributed by atoms with van der Waals surface area (Å²) in [5.41, 5.74) is 0.815. The van der Waals surface area contributed by atoms with Crippen molar-refractivity contribution >= 4 is 5.91 Å². The summed E-state index contributed by atoms with van der Waals surface area (Å²) >= 11 is 0. The van der Waals surface area contributed by atoms with Crippen LogP contribution in [-0.2, 0) is 11.3 Å². The van der Waals surface area contributed by atoms with Crippen LogP contribution in [0.15, 0.2) is 18.2 Å². The highest BCUT2D eigenvalue weighted by atomic mass is 19.1. The molecule has 1 aromatic rings. The van der Waals surface area contributed by atoms with Gasteiger partial charge in [0.1, 0.15) is 11.6 Å². The highest BCUT2D eigenvalue weighted by molar-refractivity contribution is 5.83. The molecule has 1 N–H and O–H groups in total. The third kappa shape index (κ3) is 3.44. The summed E-state index contributed by atoms with van der Waals surface area (Å²) in [5, 5.41) is 3.13. The van der Waals surface area contributed by atoms with Gasteiger partial charge in [0.2, 0.25) is 0 Å². The SMILES string of the molecule is CCNCc1cc(F)cc(OC2CCN(C)C2=O)c1. The van der Waals surface area contributed by atoms with E-state index in [0.717, 1.165) is 12.1 Å². The van der Waals surface area contributed by atoms with Crippen molar-refractivity contribution in [3.8, 4) is 5.75 Å². The molecule has 0 radical (unpaired) electrons. The Kier molecular flexibility index (Phi) is 4.37. The number of rotatable bonds is 5. The van der Waals surface area contributed by atoms with Crippen molar-refractivity contribution in [3.05, 3.63) is 29.6 Å². The lowest BCUT2D eigenvalue weighted by molar-refractivity contribution is -0.132. The van der Waals surface area contributed by atoms with Gasteiger partial charge in [0, 0.05) is 32.6 Å². The number of ether oxygens (including phenoxy) is 1. The van der Waals surface area contributed by atoms with E-state index in [1.165, 1.54) is 12.1 Å². The van der Waals surface area contributed by atoms with E-state index in [1.807, 2.05) is 6.92 Å². The number of nitrogens with zero attached hydrogens (tertiary/aromatic N) is 1. The number of amides is 1. The summed E-state index contributed by atoms with van der Waals surface area (Å²) in [4.78, 5) is 13.4. The zero-order valence-corrected chi connectivity index (χ0v) is 11.3. The van der Waals surface area contributed by atoms with Gasteiger partial charge in [0.25, 0.3) is 5.91 Å². The monoisotopic (exact) mass is 266 g/mol. The van der Waals surface area contributed by atoms with Gasteiger partial charge in [-0.15, -0.1) is 0 Å². The van der Waals surface area contributed by atoms with Crippen LogP contribution in [0.2, 0.25) is 0 Å². The number of hydrogen-bond acceptors (Lipinski definition) is 3. The predicted octanol–water partition coefficient (Wildman–Crippen LogP) is 1.54. The van der Waals surface area contributed by atoms with Crippen LogP contribution in [0, 0.1) is 5.82 Å². The van der Waals surface area contributed by atoms with Gasteiger partial charge < -0.3 is 15.0 Å². The van der Waals surface area contributed by atoms with Crippen molar-refractivity contribution in [2.45, 2.75) is 26.0 Å². The molecule has 104 valence electrons. The van der Waals surface area contributed by atoms with Crippen LogP contribution >= 0.6 is 0 Å². The summed E-state index contributed by atoms with van der Waals surface area (Å²) in [5.74, 6) is 0.0308. The molecule has 5 heteroatoms. The number of halogens is 1. The van der Waals surface area contributed by atoms with Crippen molar-refractivity contribution in [1.29, 1.82) is 0 Å². The minimum absolute atomic E-state index is 0.0440. The van der Waals surface area contributed by atoms with E-state index in [4.69, 9.17) is 4.74 Å². The Morgan fingerprint density at radius 1 is 1.47 bits per heavy atom. The highest BCUT2D eigenvalue weighted by Crippen LogP contribution is 2.21. The molecule has 0 saturated carbocycles. The molecule has 19 heavy (non-hydrogen) atoms. The zero-order chi connectivity index (χ0) is 13.8. The van der Waals surface area contributed by atoms with E-state index in [2.05, 4.69) is 5.32 Å². The fourth-order valence-electron chi connectivity index (χ4n) is 2.12. The minimum Gasteiger partial charge on any atom is -0.480 e. The van der Waals surface area contributed by atoms with E-state index in [0.29, 0.717) is 25.3 Å². The van der Waals surface area contributed by atoms with Gasteiger partial charge in [-0.05, 0) is 24.2 Å². The van der Waals surface area contributed by atoms with E-state index in [-0.39, 0.29) is 11.7 Å². The molecule has 4 nitrogen and oxygen atoms in total. The molecule has 0 aromatic heterocycles. The van der Waals surface area contributed by atoms with Crippen LogP contribution in [0.25, 0.3) is 0 Å². The number of nitrogens with one attached hydrogen (secondary N) is 1. The average molecular weight is 266 g/mol. The van der Waals surface area contributed by atoms with Crippen molar-refractivity contribution in [1.82, 2.24) is 10.2 Å². The molecule has 1 aliphatic heterocycles. The van der Waals surface area contributed by atoms with Crippen molar-refractivity contribution in [3.63, 3.8) is 0 Å². The summed E-state index contributed by atoms with van der Waals surface area (Å²) < 4.78 is 19.1. The van der Waals surface area contributed by atoms with E-state index in [1.54, 1.807) is 18.0 Å². The van der Waals surface area contributed by atoms with Crippen LogP contribution in [0.5, 0.6) is 5.75 Å². The topological polar surface area (TPSA) is 41.6 Å². The van der Waals surface area contributed by atoms with Gasteiger partial charge in [0.05, 0.1) is 0 Å². The first-order valence-corrected chi connectivity index (χ1v) is 6.52. The third-order valence-corrected chi connectivity index (χ3v) is 3.17. The van der Waals surface area contributed by atoms with Gasteiger partial charge in [-0.25, -0.2) is 4.39 Å². The maximum Gasteiger partial charge on any atom is 0.263 e. The number of carbonyl (C=O) groups is 1. The number of likely N-dealkylation sites (tertiary alicyclic amines) is 1. The summed E-state index contributed by atoms with van der Waals surface area (Å²) in [7, 11) is 1.74. The lowest BCUT2D eigenvalue weighted by atomic mass is 10.2. The van der Waals surface area contributed by atoms with Gasteiger partial charge in [0.15, 0.2) is 6.10 Å². The van der Waals surface area contributed by atoms with Crippen LogP contribution < -0.4 is 10.1 Å². The fourth-order valence-corrected chi connectivity index (χ4v) is 2.12. The fraction of sp³-hybridized carbons (Fsp3) is 0.500. The lowest BCUT2D eigenvalue weighted by Crippen LogP contribution is -2.29. The lowest BCUT2D eigenvalue weighted by Gasteiger charge is -2.14. The van der Waals surface area contributed by atoms with Gasteiger partial charge in [-0.2, -0.15) is 0 Å². The second-order valence-corrected chi connectivity index (χ2v) is 4.73. The number of hydrogen-bond donors (Lipinski definition) is 1. The largest absolute Gasteiger partial charge is 0.480 e. The molecule has 2 rings (SSSR count). The zero-order valence-electron chi connectivity index (χ0n) is 11.3. The van der Waals surface area contributed by atoms with Crippen LogP contribution in [0.4, 0.5) is 4.39 Å². The molecular formula is C14H19FN2O2. The highest BCUT2D eigenvalue weighted by Gasteiger charge is 2.30. The molecular weight excluding hydrogens is 247 g/mol. The molecule has 1 saturated heterocycles. The number of benzene rings is 1. The Morgan fingerprint density at radius 3 is 2.89 bits per heavy atom. The third-order valence-electron chi connectivity index (χ3n) is 3.17. The van der Waals surface area contributed by atoms with Crippen molar-refractivity contribution in [2.24, 2.45) is 0 Å². The van der Waals surface area contributed by atoms with Crippen molar-refractivity contribution in [2.75, 3.05) is 20.1 Å². The minimum atomic E-state index is -0.487. The maximum absolute atomic E-state index is 13.5. The molecule has 1 unspecified atom stereocenters. The molecule has 1 heterocycles. The Balaban J connectivity index is 2.07. The van der Waals surface area contributed by atoms with Gasteiger partial charge in [-0.1, -0.05) is 6.92 Å². The van der Waals surface area contributed by atoms with Crippen LogP contribution in [0.3, 0.4) is 0 Å². The van der Waals surface area contributed by atoms with Crippen LogP contribution in [-0.4, -0.2) is 37.0 Å². The Morgan fingerprint density at radius 2 is 2.26 bits per heavy atom. The molecule has 1 fully saturated rings. The summed E-state index contributed by atoms with van der Waals surface area (Å²) in [6, 6.07) is 4.57. The average Bonchev–Trinajstić information content (AvgIpc) is 2.68. The molecule has 0 spiro atoms. The molecule has 1 aromatic carbocycles. The molecule has 1 atom stereocenters. The Bertz CT molecular complexity index is 465. The Labute approximate surface area is 112 Å².